The Morgan fingerprint density at radius 1 is 1.50 bits per heavy atom. The van der Waals surface area contributed by atoms with Gasteiger partial charge < -0.3 is 15.0 Å². The second-order valence-corrected chi connectivity index (χ2v) is 3.56. The van der Waals surface area contributed by atoms with Crippen LogP contribution in [0.5, 0.6) is 0 Å². The standard InChI is InChI=1S/C9H16N2O3/c1-7-5-11(6-7)9(13)8(12)10-3-4-14-2/h7H,3-6H2,1-2H3,(H,10,12). The Labute approximate surface area is 83.4 Å². The molecule has 0 bridgehead atoms. The minimum Gasteiger partial charge on any atom is -0.383 e. The molecule has 1 heterocycles. The van der Waals surface area contributed by atoms with E-state index >= 15 is 0 Å². The van der Waals surface area contributed by atoms with Crippen molar-refractivity contribution in [2.45, 2.75) is 6.92 Å². The molecular weight excluding hydrogens is 184 g/mol. The number of hydrogen-bond acceptors (Lipinski definition) is 3. The molecule has 5 nitrogen and oxygen atoms in total. The van der Waals surface area contributed by atoms with Gasteiger partial charge in [-0.3, -0.25) is 9.59 Å². The van der Waals surface area contributed by atoms with Crippen LogP contribution in [0, 0.1) is 5.92 Å². The summed E-state index contributed by atoms with van der Waals surface area (Å²) < 4.78 is 4.75. The van der Waals surface area contributed by atoms with Crippen molar-refractivity contribution in [3.05, 3.63) is 0 Å². The summed E-state index contributed by atoms with van der Waals surface area (Å²) in [6.07, 6.45) is 0. The molecule has 0 saturated carbocycles. The van der Waals surface area contributed by atoms with E-state index in [2.05, 4.69) is 5.32 Å². The van der Waals surface area contributed by atoms with Crippen molar-refractivity contribution >= 4 is 11.8 Å². The summed E-state index contributed by atoms with van der Waals surface area (Å²) in [7, 11) is 1.55. The van der Waals surface area contributed by atoms with Gasteiger partial charge in [-0.2, -0.15) is 0 Å². The van der Waals surface area contributed by atoms with Crippen molar-refractivity contribution in [2.75, 3.05) is 33.4 Å². The highest BCUT2D eigenvalue weighted by atomic mass is 16.5. The number of nitrogens with one attached hydrogen (secondary N) is 1. The predicted octanol–water partition coefficient (Wildman–Crippen LogP) is -0.773. The average Bonchev–Trinajstić information content (AvgIpc) is 2.12. The Kier molecular flexibility index (Phi) is 3.88. The number of nitrogens with zero attached hydrogens (tertiary/aromatic N) is 1. The van der Waals surface area contributed by atoms with Gasteiger partial charge in [-0.1, -0.05) is 6.92 Å². The van der Waals surface area contributed by atoms with E-state index in [9.17, 15) is 9.59 Å². The maximum Gasteiger partial charge on any atom is 0.311 e. The van der Waals surface area contributed by atoms with E-state index in [-0.39, 0.29) is 0 Å². The summed E-state index contributed by atoms with van der Waals surface area (Å²) in [5.74, 6) is -0.445. The first kappa shape index (κ1) is 11.0. The number of hydrogen-bond donors (Lipinski definition) is 1. The predicted molar refractivity (Wildman–Crippen MR) is 50.6 cm³/mol. The SMILES string of the molecule is COCCNC(=O)C(=O)N1CC(C)C1. The topological polar surface area (TPSA) is 58.6 Å². The number of methoxy groups -OCH3 is 1. The normalized spacial score (nSPS) is 16.3. The lowest BCUT2D eigenvalue weighted by molar-refractivity contribution is -0.149. The first-order valence-corrected chi connectivity index (χ1v) is 4.71. The van der Waals surface area contributed by atoms with E-state index in [1.54, 1.807) is 12.0 Å². The third kappa shape index (κ3) is 2.70. The lowest BCUT2D eigenvalue weighted by Gasteiger charge is -2.36. The Balaban J connectivity index is 2.20. The van der Waals surface area contributed by atoms with Crippen molar-refractivity contribution in [3.8, 4) is 0 Å². The van der Waals surface area contributed by atoms with Gasteiger partial charge in [0.1, 0.15) is 0 Å². The fraction of sp³-hybridized carbons (Fsp3) is 0.778. The molecular formula is C9H16N2O3. The van der Waals surface area contributed by atoms with Gasteiger partial charge in [0.25, 0.3) is 0 Å². The van der Waals surface area contributed by atoms with Crippen LogP contribution < -0.4 is 5.32 Å². The molecule has 14 heavy (non-hydrogen) atoms. The summed E-state index contributed by atoms with van der Waals surface area (Å²) in [5.41, 5.74) is 0. The maximum atomic E-state index is 11.3. The maximum absolute atomic E-state index is 11.3. The van der Waals surface area contributed by atoms with Crippen LogP contribution in [0.1, 0.15) is 6.92 Å². The molecule has 5 heteroatoms. The van der Waals surface area contributed by atoms with Crippen molar-refractivity contribution in [3.63, 3.8) is 0 Å². The van der Waals surface area contributed by atoms with Gasteiger partial charge in [0.05, 0.1) is 6.61 Å². The lowest BCUT2D eigenvalue weighted by Crippen LogP contribution is -2.53. The fourth-order valence-corrected chi connectivity index (χ4v) is 1.35. The number of likely N-dealkylation sites (tertiary alicyclic amines) is 1. The van der Waals surface area contributed by atoms with Crippen LogP contribution >= 0.6 is 0 Å². The quantitative estimate of drug-likeness (QED) is 0.480. The van der Waals surface area contributed by atoms with Crippen LogP contribution in [-0.2, 0) is 14.3 Å². The summed E-state index contributed by atoms with van der Waals surface area (Å²) in [6.45, 7) is 4.24. The highest BCUT2D eigenvalue weighted by molar-refractivity contribution is 6.35. The number of carbonyl (C=O) groups excluding carboxylic acids is 2. The average molecular weight is 200 g/mol. The van der Waals surface area contributed by atoms with Gasteiger partial charge in [-0.25, -0.2) is 0 Å². The van der Waals surface area contributed by atoms with Crippen LogP contribution in [0.4, 0.5) is 0 Å². The molecule has 0 aromatic heterocycles. The fourth-order valence-electron chi connectivity index (χ4n) is 1.35. The third-order valence-electron chi connectivity index (χ3n) is 2.14. The van der Waals surface area contributed by atoms with Crippen molar-refractivity contribution in [1.82, 2.24) is 10.2 Å². The highest BCUT2D eigenvalue weighted by Gasteiger charge is 2.30. The van der Waals surface area contributed by atoms with E-state index in [4.69, 9.17) is 4.74 Å². The summed E-state index contributed by atoms with van der Waals surface area (Å²) in [4.78, 5) is 24.1. The second kappa shape index (κ2) is 4.95. The molecule has 0 atom stereocenters. The number of ether oxygens (including phenoxy) is 1. The largest absolute Gasteiger partial charge is 0.383 e. The molecule has 0 aromatic carbocycles. The zero-order valence-corrected chi connectivity index (χ0v) is 8.58. The molecule has 0 aliphatic carbocycles. The molecule has 1 saturated heterocycles. The first-order chi connectivity index (χ1) is 6.65. The Morgan fingerprint density at radius 2 is 2.14 bits per heavy atom. The van der Waals surface area contributed by atoms with Gasteiger partial charge in [0.2, 0.25) is 0 Å². The molecule has 2 amide bonds. The van der Waals surface area contributed by atoms with E-state index in [0.29, 0.717) is 32.2 Å². The second-order valence-electron chi connectivity index (χ2n) is 3.56. The minimum absolute atomic E-state index is 0.379. The summed E-state index contributed by atoms with van der Waals surface area (Å²) in [5, 5.41) is 2.49. The Morgan fingerprint density at radius 3 is 2.64 bits per heavy atom. The number of carbonyl (C=O) groups is 2. The van der Waals surface area contributed by atoms with E-state index in [1.165, 1.54) is 0 Å². The van der Waals surface area contributed by atoms with Crippen LogP contribution in [-0.4, -0.2) is 50.1 Å². The van der Waals surface area contributed by atoms with E-state index in [0.717, 1.165) is 0 Å². The highest BCUT2D eigenvalue weighted by Crippen LogP contribution is 2.13. The third-order valence-corrected chi connectivity index (χ3v) is 2.14. The van der Waals surface area contributed by atoms with Gasteiger partial charge in [0, 0.05) is 26.7 Å². The molecule has 1 fully saturated rings. The minimum atomic E-state index is -0.533. The molecule has 0 aromatic rings. The molecule has 1 N–H and O–H groups in total. The molecule has 0 spiro atoms. The smallest absolute Gasteiger partial charge is 0.311 e. The van der Waals surface area contributed by atoms with Crippen LogP contribution in [0.2, 0.25) is 0 Å². The number of amides is 2. The lowest BCUT2D eigenvalue weighted by atomic mass is 10.0. The molecule has 0 radical (unpaired) electrons. The van der Waals surface area contributed by atoms with Crippen LogP contribution in [0.15, 0.2) is 0 Å². The first-order valence-electron chi connectivity index (χ1n) is 4.71. The van der Waals surface area contributed by atoms with Crippen molar-refractivity contribution < 1.29 is 14.3 Å². The molecule has 1 aliphatic rings. The van der Waals surface area contributed by atoms with E-state index < -0.39 is 11.8 Å². The Hall–Kier alpha value is -1.10. The van der Waals surface area contributed by atoms with Crippen LogP contribution in [0.3, 0.4) is 0 Å². The van der Waals surface area contributed by atoms with E-state index in [1.807, 2.05) is 6.92 Å². The van der Waals surface area contributed by atoms with Crippen molar-refractivity contribution in [2.24, 2.45) is 5.92 Å². The zero-order chi connectivity index (χ0) is 10.6. The summed E-state index contributed by atoms with van der Waals surface area (Å²) >= 11 is 0. The zero-order valence-electron chi connectivity index (χ0n) is 8.58. The van der Waals surface area contributed by atoms with Gasteiger partial charge in [0.15, 0.2) is 0 Å². The van der Waals surface area contributed by atoms with Gasteiger partial charge in [-0.05, 0) is 5.92 Å². The molecule has 0 unspecified atom stereocenters. The summed E-state index contributed by atoms with van der Waals surface area (Å²) in [6, 6.07) is 0. The van der Waals surface area contributed by atoms with Gasteiger partial charge >= 0.3 is 11.8 Å². The van der Waals surface area contributed by atoms with Crippen LogP contribution in [0.25, 0.3) is 0 Å². The molecule has 1 rings (SSSR count). The molecule has 1 aliphatic heterocycles. The number of rotatable bonds is 3. The monoisotopic (exact) mass is 200 g/mol. The molecule has 80 valence electrons. The Bertz CT molecular complexity index is 224. The van der Waals surface area contributed by atoms with Gasteiger partial charge in [-0.15, -0.1) is 0 Å². The van der Waals surface area contributed by atoms with Crippen molar-refractivity contribution in [1.29, 1.82) is 0 Å².